The van der Waals surface area contributed by atoms with E-state index in [2.05, 4.69) is 43.4 Å². The summed E-state index contributed by atoms with van der Waals surface area (Å²) in [6.07, 6.45) is 2.98. The minimum absolute atomic E-state index is 0.0841. The van der Waals surface area contributed by atoms with E-state index in [1.165, 1.54) is 17.9 Å². The van der Waals surface area contributed by atoms with Gasteiger partial charge in [0.2, 0.25) is 0 Å². The molecule has 0 aromatic heterocycles. The van der Waals surface area contributed by atoms with Crippen LogP contribution in [0.4, 0.5) is 0 Å². The zero-order valence-electron chi connectivity index (χ0n) is 22.6. The predicted octanol–water partition coefficient (Wildman–Crippen LogP) is 4.80. The van der Waals surface area contributed by atoms with Gasteiger partial charge in [-0.1, -0.05) is 48.6 Å². The molecule has 3 heterocycles. The molecule has 1 aliphatic carbocycles. The molecule has 1 aromatic carbocycles. The largest absolute Gasteiger partial charge is 0.498 e. The fourth-order valence-electron chi connectivity index (χ4n) is 7.25. The van der Waals surface area contributed by atoms with E-state index in [-0.39, 0.29) is 33.9 Å². The van der Waals surface area contributed by atoms with Crippen molar-refractivity contribution >= 4 is 42.8 Å². The fraction of sp³-hybridized carbons (Fsp3) is 0.679. The number of allylic oxidation sites excluding steroid dienone is 1. The average Bonchev–Trinajstić information content (AvgIpc) is 3.57. The lowest BCUT2D eigenvalue weighted by Crippen LogP contribution is -2.60. The number of thioether (sulfide) groups is 2. The Kier molecular flexibility index (Phi) is 8.12. The van der Waals surface area contributed by atoms with Crippen molar-refractivity contribution in [2.45, 2.75) is 60.8 Å². The number of fused-ring (bicyclic) bond motifs is 2. The summed E-state index contributed by atoms with van der Waals surface area (Å²) >= 11 is 3.91. The monoisotopic (exact) mass is 564 g/mol. The number of hydrogen-bond acceptors (Lipinski definition) is 8. The van der Waals surface area contributed by atoms with Crippen LogP contribution in [-0.4, -0.2) is 76.6 Å². The third-order valence-corrected chi connectivity index (χ3v) is 16.8. The molecule has 0 saturated carbocycles. The van der Waals surface area contributed by atoms with Gasteiger partial charge in [0.25, 0.3) is 0 Å². The van der Waals surface area contributed by atoms with Crippen LogP contribution < -0.4 is 5.19 Å². The van der Waals surface area contributed by atoms with Crippen LogP contribution in [-0.2, 0) is 28.5 Å². The Bertz CT molecular complexity index is 1010. The van der Waals surface area contributed by atoms with Crippen LogP contribution in [0.1, 0.15) is 25.7 Å². The van der Waals surface area contributed by atoms with E-state index in [1.807, 2.05) is 23.5 Å². The first kappa shape index (κ1) is 27.6. The maximum Gasteiger partial charge on any atom is 0.314 e. The SMILES string of the molecule is COC(=O)[C@]12CO[C@@H](C3(CC(OC)OC)SCCCS3)[C@@H]1C1=C(CC2[Si](C)(C)c2ccccc2)OCC1. The van der Waals surface area contributed by atoms with Gasteiger partial charge in [-0.25, -0.2) is 0 Å². The van der Waals surface area contributed by atoms with Gasteiger partial charge in [0.15, 0.2) is 6.29 Å². The van der Waals surface area contributed by atoms with E-state index in [4.69, 9.17) is 23.7 Å². The Hall–Kier alpha value is -0.973. The first-order valence-corrected chi connectivity index (χ1v) is 18.3. The molecule has 2 fully saturated rings. The predicted molar refractivity (Wildman–Crippen MR) is 152 cm³/mol. The van der Waals surface area contributed by atoms with Gasteiger partial charge in [0.05, 0.1) is 44.3 Å². The first-order chi connectivity index (χ1) is 17.8. The van der Waals surface area contributed by atoms with E-state index in [0.717, 1.165) is 36.5 Å². The fourth-order valence-corrected chi connectivity index (χ4v) is 14.6. The molecular weight excluding hydrogens is 525 g/mol. The molecule has 37 heavy (non-hydrogen) atoms. The van der Waals surface area contributed by atoms with Gasteiger partial charge in [0, 0.05) is 39.4 Å². The number of ether oxygens (including phenoxy) is 5. The smallest absolute Gasteiger partial charge is 0.314 e. The van der Waals surface area contributed by atoms with Crippen LogP contribution in [0.3, 0.4) is 0 Å². The van der Waals surface area contributed by atoms with E-state index in [1.54, 1.807) is 14.2 Å². The molecule has 0 N–H and O–H groups in total. The van der Waals surface area contributed by atoms with Crippen molar-refractivity contribution in [1.82, 2.24) is 0 Å². The molecule has 1 aromatic rings. The van der Waals surface area contributed by atoms with E-state index >= 15 is 0 Å². The van der Waals surface area contributed by atoms with Gasteiger partial charge in [-0.15, -0.1) is 23.5 Å². The Morgan fingerprint density at radius 3 is 2.49 bits per heavy atom. The Morgan fingerprint density at radius 1 is 1.14 bits per heavy atom. The molecular formula is C28H40O6S2Si. The number of methoxy groups -OCH3 is 3. The molecule has 9 heteroatoms. The van der Waals surface area contributed by atoms with Crippen LogP contribution in [0.2, 0.25) is 18.6 Å². The van der Waals surface area contributed by atoms with Crippen LogP contribution in [0.15, 0.2) is 41.7 Å². The summed E-state index contributed by atoms with van der Waals surface area (Å²) in [5.41, 5.74) is 0.635. The highest BCUT2D eigenvalue weighted by molar-refractivity contribution is 8.18. The molecule has 4 aliphatic rings. The topological polar surface area (TPSA) is 63.2 Å². The third kappa shape index (κ3) is 4.51. The first-order valence-electron chi connectivity index (χ1n) is 13.3. The number of carbonyl (C=O) groups is 1. The molecule has 3 aliphatic heterocycles. The Morgan fingerprint density at radius 2 is 1.84 bits per heavy atom. The van der Waals surface area contributed by atoms with Crippen molar-refractivity contribution in [3.8, 4) is 0 Å². The number of carbonyl (C=O) groups excluding carboxylic acids is 1. The van der Waals surface area contributed by atoms with E-state index < -0.39 is 13.5 Å². The highest BCUT2D eigenvalue weighted by atomic mass is 32.2. The normalized spacial score (nSPS) is 31.1. The Balaban J connectivity index is 1.66. The van der Waals surface area contributed by atoms with Gasteiger partial charge >= 0.3 is 5.97 Å². The summed E-state index contributed by atoms with van der Waals surface area (Å²) in [5.74, 6) is 3.00. The van der Waals surface area contributed by atoms with Crippen LogP contribution >= 0.6 is 23.5 Å². The van der Waals surface area contributed by atoms with Crippen molar-refractivity contribution in [2.75, 3.05) is 46.0 Å². The van der Waals surface area contributed by atoms with Crippen LogP contribution in [0.5, 0.6) is 0 Å². The summed E-state index contributed by atoms with van der Waals surface area (Å²) in [4.78, 5) is 14.1. The van der Waals surface area contributed by atoms with Gasteiger partial charge in [0.1, 0.15) is 5.41 Å². The lowest BCUT2D eigenvalue weighted by atomic mass is 9.63. The molecule has 2 saturated heterocycles. The molecule has 6 nitrogen and oxygen atoms in total. The van der Waals surface area contributed by atoms with Gasteiger partial charge in [-0.05, 0) is 29.0 Å². The van der Waals surface area contributed by atoms with Crippen molar-refractivity contribution in [1.29, 1.82) is 0 Å². The highest BCUT2D eigenvalue weighted by Gasteiger charge is 2.70. The lowest BCUT2D eigenvalue weighted by Gasteiger charge is -2.51. The average molecular weight is 565 g/mol. The highest BCUT2D eigenvalue weighted by Crippen LogP contribution is 2.66. The number of benzene rings is 1. The third-order valence-electron chi connectivity index (χ3n) is 9.10. The summed E-state index contributed by atoms with van der Waals surface area (Å²) < 4.78 is 30.0. The second kappa shape index (κ2) is 10.9. The molecule has 204 valence electrons. The minimum Gasteiger partial charge on any atom is -0.498 e. The molecule has 0 amide bonds. The summed E-state index contributed by atoms with van der Waals surface area (Å²) in [7, 11) is 2.75. The Labute approximate surface area is 230 Å². The number of esters is 1. The molecule has 1 unspecified atom stereocenters. The lowest BCUT2D eigenvalue weighted by molar-refractivity contribution is -0.155. The summed E-state index contributed by atoms with van der Waals surface area (Å²) in [6, 6.07) is 10.7. The van der Waals surface area contributed by atoms with Crippen molar-refractivity contribution < 1.29 is 28.5 Å². The molecule has 0 radical (unpaired) electrons. The number of rotatable bonds is 8. The van der Waals surface area contributed by atoms with Crippen molar-refractivity contribution in [2.24, 2.45) is 11.3 Å². The van der Waals surface area contributed by atoms with E-state index in [9.17, 15) is 4.79 Å². The molecule has 5 rings (SSSR count). The van der Waals surface area contributed by atoms with Gasteiger partial charge < -0.3 is 23.7 Å². The summed E-state index contributed by atoms with van der Waals surface area (Å²) in [5, 5.41) is 1.35. The maximum atomic E-state index is 14.1. The van der Waals surface area contributed by atoms with Gasteiger partial charge in [-0.3, -0.25) is 4.79 Å². The van der Waals surface area contributed by atoms with Crippen LogP contribution in [0, 0.1) is 11.3 Å². The zero-order chi connectivity index (χ0) is 26.3. The molecule has 4 atom stereocenters. The standard InChI is InChI=1S/C28H40O6S2Si/c1-30-23(31-2)17-28(35-14-9-15-36-28)25-24-20-12-13-33-21(20)16-22(27(24,18-34-25)26(29)32-3)37(4,5)19-10-7-6-8-11-19/h6-8,10-11,22-25H,9,12-18H2,1-5H3/t22?,24-,25+,27-/m0/s1. The van der Waals surface area contributed by atoms with Crippen molar-refractivity contribution in [3.63, 3.8) is 0 Å². The zero-order valence-corrected chi connectivity index (χ0v) is 25.3. The van der Waals surface area contributed by atoms with Gasteiger partial charge in [-0.2, -0.15) is 0 Å². The quantitative estimate of drug-likeness (QED) is 0.254. The molecule has 0 spiro atoms. The minimum atomic E-state index is -2.18. The maximum absolute atomic E-state index is 14.1. The second-order valence-corrected chi connectivity index (χ2v) is 18.9. The van der Waals surface area contributed by atoms with Crippen molar-refractivity contribution in [3.05, 3.63) is 41.7 Å². The second-order valence-electron chi connectivity index (χ2n) is 11.1. The molecule has 0 bridgehead atoms. The number of hydrogen-bond donors (Lipinski definition) is 0. The van der Waals surface area contributed by atoms with Crippen LogP contribution in [0.25, 0.3) is 0 Å². The van der Waals surface area contributed by atoms with E-state index in [0.29, 0.717) is 19.6 Å². The summed E-state index contributed by atoms with van der Waals surface area (Å²) in [6.45, 7) is 5.85.